The number of benzene rings is 1. The van der Waals surface area contributed by atoms with Gasteiger partial charge < -0.3 is 10.1 Å². The third kappa shape index (κ3) is 5.73. The zero-order chi connectivity index (χ0) is 14.1. The predicted octanol–water partition coefficient (Wildman–Crippen LogP) is 1.74. The van der Waals surface area contributed by atoms with E-state index >= 15 is 0 Å². The number of amides is 1. The molecule has 0 saturated heterocycles. The van der Waals surface area contributed by atoms with Crippen LogP contribution in [0.1, 0.15) is 36.2 Å². The molecule has 0 aliphatic carbocycles. The molecule has 0 saturated carbocycles. The first-order chi connectivity index (χ1) is 9.13. The number of hydrogen-bond acceptors (Lipinski definition) is 3. The number of carbonyl (C=O) groups is 2. The van der Waals surface area contributed by atoms with Crippen LogP contribution in [0.2, 0.25) is 0 Å². The molecule has 1 amide bonds. The molecule has 0 unspecified atom stereocenters. The quantitative estimate of drug-likeness (QED) is 0.509. The van der Waals surface area contributed by atoms with Crippen molar-refractivity contribution in [2.45, 2.75) is 20.3 Å². The van der Waals surface area contributed by atoms with Crippen LogP contribution in [0.5, 0.6) is 0 Å². The van der Waals surface area contributed by atoms with Gasteiger partial charge in [0, 0.05) is 25.5 Å². The van der Waals surface area contributed by atoms with Crippen molar-refractivity contribution < 1.29 is 14.3 Å². The lowest BCUT2D eigenvalue weighted by molar-refractivity contribution is -0.118. The molecule has 0 aliphatic rings. The molecule has 19 heavy (non-hydrogen) atoms. The normalized spacial score (nSPS) is 9.16. The molecule has 0 fully saturated rings. The Morgan fingerprint density at radius 1 is 1.26 bits per heavy atom. The molecule has 0 radical (unpaired) electrons. The van der Waals surface area contributed by atoms with Crippen LogP contribution in [0.4, 0.5) is 0 Å². The van der Waals surface area contributed by atoms with E-state index in [2.05, 4.69) is 17.2 Å². The summed E-state index contributed by atoms with van der Waals surface area (Å²) in [5, 5.41) is 2.67. The average Bonchev–Trinajstić information content (AvgIpc) is 2.39. The first-order valence-electron chi connectivity index (χ1n) is 6.14. The largest absolute Gasteiger partial charge is 0.462 e. The minimum atomic E-state index is -0.326. The highest BCUT2D eigenvalue weighted by molar-refractivity contribution is 5.89. The smallest absolute Gasteiger partial charge is 0.338 e. The molecular formula is C15H17NO3. The molecule has 1 aromatic carbocycles. The lowest BCUT2D eigenvalue weighted by atomic mass is 10.1. The van der Waals surface area contributed by atoms with Gasteiger partial charge >= 0.3 is 5.97 Å². The molecule has 1 rings (SSSR count). The topological polar surface area (TPSA) is 55.4 Å². The third-order valence-electron chi connectivity index (χ3n) is 2.25. The summed E-state index contributed by atoms with van der Waals surface area (Å²) >= 11 is 0. The second-order valence-electron chi connectivity index (χ2n) is 3.83. The molecule has 0 aliphatic heterocycles. The Balaban J connectivity index is 2.50. The van der Waals surface area contributed by atoms with Crippen LogP contribution in [0, 0.1) is 11.8 Å². The lowest BCUT2D eigenvalue weighted by Crippen LogP contribution is -2.20. The highest BCUT2D eigenvalue weighted by Gasteiger charge is 2.04. The minimum absolute atomic E-state index is 0.0550. The van der Waals surface area contributed by atoms with Gasteiger partial charge in [0.15, 0.2) is 0 Å². The fourth-order valence-corrected chi connectivity index (χ4v) is 1.37. The highest BCUT2D eigenvalue weighted by Crippen LogP contribution is 2.05. The maximum atomic E-state index is 11.4. The summed E-state index contributed by atoms with van der Waals surface area (Å²) in [5.74, 6) is 5.53. The van der Waals surface area contributed by atoms with Gasteiger partial charge in [-0.3, -0.25) is 4.79 Å². The molecule has 0 heterocycles. The summed E-state index contributed by atoms with van der Waals surface area (Å²) in [6.45, 7) is 4.15. The maximum absolute atomic E-state index is 11.4. The van der Waals surface area contributed by atoms with E-state index < -0.39 is 0 Å². The fourth-order valence-electron chi connectivity index (χ4n) is 1.37. The van der Waals surface area contributed by atoms with Crippen LogP contribution in [0.15, 0.2) is 24.3 Å². The number of rotatable bonds is 4. The van der Waals surface area contributed by atoms with Gasteiger partial charge in [0.05, 0.1) is 12.2 Å². The first kappa shape index (κ1) is 14.8. The standard InChI is InChI=1S/C15H17NO3/c1-3-19-15(18)14-9-7-13(8-10-14)6-4-5-11-16-12(2)17/h7-10H,3,5,11H2,1-2H3,(H,16,17). The number of hydrogen-bond donors (Lipinski definition) is 1. The van der Waals surface area contributed by atoms with E-state index in [1.54, 1.807) is 31.2 Å². The van der Waals surface area contributed by atoms with Gasteiger partial charge in [-0.05, 0) is 31.2 Å². The van der Waals surface area contributed by atoms with Crippen molar-refractivity contribution in [2.75, 3.05) is 13.2 Å². The molecule has 100 valence electrons. The van der Waals surface area contributed by atoms with E-state index in [9.17, 15) is 9.59 Å². The van der Waals surface area contributed by atoms with Gasteiger partial charge in [0.2, 0.25) is 5.91 Å². The summed E-state index contributed by atoms with van der Waals surface area (Å²) in [6.07, 6.45) is 0.596. The number of ether oxygens (including phenoxy) is 1. The summed E-state index contributed by atoms with van der Waals surface area (Å²) < 4.78 is 4.89. The number of carbonyl (C=O) groups excluding carboxylic acids is 2. The Kier molecular flexibility index (Phi) is 6.17. The van der Waals surface area contributed by atoms with Gasteiger partial charge in [-0.1, -0.05) is 11.8 Å². The molecule has 4 heteroatoms. The van der Waals surface area contributed by atoms with Crippen molar-refractivity contribution in [1.82, 2.24) is 5.32 Å². The molecule has 1 aromatic rings. The Hall–Kier alpha value is -2.28. The average molecular weight is 259 g/mol. The minimum Gasteiger partial charge on any atom is -0.462 e. The zero-order valence-electron chi connectivity index (χ0n) is 11.2. The summed E-state index contributed by atoms with van der Waals surface area (Å²) in [4.78, 5) is 22.0. The van der Waals surface area contributed by atoms with Crippen molar-refractivity contribution in [3.63, 3.8) is 0 Å². The van der Waals surface area contributed by atoms with E-state index in [0.29, 0.717) is 25.1 Å². The monoisotopic (exact) mass is 259 g/mol. The lowest BCUT2D eigenvalue weighted by Gasteiger charge is -2.00. The Labute approximate surface area is 113 Å². The molecular weight excluding hydrogens is 242 g/mol. The third-order valence-corrected chi connectivity index (χ3v) is 2.25. The van der Waals surface area contributed by atoms with Crippen LogP contribution in [0.3, 0.4) is 0 Å². The number of esters is 1. The number of nitrogens with one attached hydrogen (secondary N) is 1. The molecule has 0 aromatic heterocycles. The van der Waals surface area contributed by atoms with Gasteiger partial charge in [-0.15, -0.1) is 0 Å². The van der Waals surface area contributed by atoms with Gasteiger partial charge in [0.25, 0.3) is 0 Å². The Bertz CT molecular complexity index is 494. The summed E-state index contributed by atoms with van der Waals surface area (Å²) in [6, 6.07) is 6.93. The maximum Gasteiger partial charge on any atom is 0.338 e. The van der Waals surface area contributed by atoms with Gasteiger partial charge in [-0.2, -0.15) is 0 Å². The SMILES string of the molecule is CCOC(=O)c1ccc(C#CCCNC(C)=O)cc1. The Morgan fingerprint density at radius 3 is 2.53 bits per heavy atom. The van der Waals surface area contributed by atoms with Crippen molar-refractivity contribution in [3.05, 3.63) is 35.4 Å². The van der Waals surface area contributed by atoms with Gasteiger partial charge in [0.1, 0.15) is 0 Å². The highest BCUT2D eigenvalue weighted by atomic mass is 16.5. The summed E-state index contributed by atoms with van der Waals surface area (Å²) in [5.41, 5.74) is 1.35. The van der Waals surface area contributed by atoms with E-state index in [1.165, 1.54) is 6.92 Å². The van der Waals surface area contributed by atoms with Crippen LogP contribution >= 0.6 is 0 Å². The molecule has 1 N–H and O–H groups in total. The van der Waals surface area contributed by atoms with E-state index in [4.69, 9.17) is 4.74 Å². The van der Waals surface area contributed by atoms with Crippen LogP contribution < -0.4 is 5.32 Å². The molecule has 0 atom stereocenters. The second-order valence-corrected chi connectivity index (χ2v) is 3.83. The Morgan fingerprint density at radius 2 is 1.95 bits per heavy atom. The van der Waals surface area contributed by atoms with Crippen LogP contribution in [0.25, 0.3) is 0 Å². The molecule has 0 spiro atoms. The van der Waals surface area contributed by atoms with Gasteiger partial charge in [-0.25, -0.2) is 4.79 Å². The zero-order valence-corrected chi connectivity index (χ0v) is 11.2. The van der Waals surface area contributed by atoms with Crippen molar-refractivity contribution in [3.8, 4) is 11.8 Å². The first-order valence-corrected chi connectivity index (χ1v) is 6.14. The fraction of sp³-hybridized carbons (Fsp3) is 0.333. The molecule has 0 bridgehead atoms. The summed E-state index contributed by atoms with van der Waals surface area (Å²) in [7, 11) is 0. The van der Waals surface area contributed by atoms with Crippen LogP contribution in [-0.4, -0.2) is 25.0 Å². The van der Waals surface area contributed by atoms with Crippen LogP contribution in [-0.2, 0) is 9.53 Å². The van der Waals surface area contributed by atoms with E-state index in [0.717, 1.165) is 5.56 Å². The second kappa shape index (κ2) is 7.93. The van der Waals surface area contributed by atoms with E-state index in [1.807, 2.05) is 0 Å². The van der Waals surface area contributed by atoms with Crippen molar-refractivity contribution in [2.24, 2.45) is 0 Å². The van der Waals surface area contributed by atoms with Crippen molar-refractivity contribution in [1.29, 1.82) is 0 Å². The predicted molar refractivity (Wildman–Crippen MR) is 72.6 cm³/mol. The van der Waals surface area contributed by atoms with Crippen molar-refractivity contribution >= 4 is 11.9 Å². The van der Waals surface area contributed by atoms with E-state index in [-0.39, 0.29) is 11.9 Å². The molecule has 4 nitrogen and oxygen atoms in total.